The lowest BCUT2D eigenvalue weighted by Crippen LogP contribution is -1.95. The lowest BCUT2D eigenvalue weighted by molar-refractivity contribution is 0.336. The van der Waals surface area contributed by atoms with Crippen molar-refractivity contribution >= 4 is 0 Å². The lowest BCUT2D eigenvalue weighted by atomic mass is 10.1. The summed E-state index contributed by atoms with van der Waals surface area (Å²) >= 11 is 0. The van der Waals surface area contributed by atoms with E-state index in [9.17, 15) is 0 Å². The van der Waals surface area contributed by atoms with Gasteiger partial charge in [-0.2, -0.15) is 0 Å². The summed E-state index contributed by atoms with van der Waals surface area (Å²) in [5.74, 6) is 0.900. The van der Waals surface area contributed by atoms with E-state index in [0.29, 0.717) is 6.61 Å². The molecule has 1 radical (unpaired) electrons. The summed E-state index contributed by atoms with van der Waals surface area (Å²) < 4.78 is 5.37. The molecule has 0 saturated heterocycles. The predicted octanol–water partition coefficient (Wildman–Crippen LogP) is 2.45. The quantitative estimate of drug-likeness (QED) is 0.641. The first-order valence-electron chi connectivity index (χ1n) is 4.00. The molecule has 0 saturated carbocycles. The minimum Gasteiger partial charge on any atom is -0.493 e. The molecule has 1 nitrogen and oxygen atoms in total. The van der Waals surface area contributed by atoms with Crippen LogP contribution in [-0.4, -0.2) is 6.61 Å². The van der Waals surface area contributed by atoms with Crippen LogP contribution in [0.2, 0.25) is 0 Å². The van der Waals surface area contributed by atoms with Crippen LogP contribution < -0.4 is 4.74 Å². The third kappa shape index (κ3) is 1.97. The van der Waals surface area contributed by atoms with Gasteiger partial charge in [-0.05, 0) is 18.9 Å². The minimum atomic E-state index is 0.716. The normalized spacial score (nSPS) is 9.64. The van der Waals surface area contributed by atoms with Crippen LogP contribution in [0, 0.1) is 6.07 Å². The molecule has 0 aliphatic carbocycles. The highest BCUT2D eigenvalue weighted by molar-refractivity contribution is 5.31. The van der Waals surface area contributed by atoms with Crippen molar-refractivity contribution in [2.75, 3.05) is 6.61 Å². The standard InChI is InChI=1S/C10H13O/c1-3-9-7-5-6-8-10(9)11-4-2/h5-7H,3-4H2,1-2H3. The summed E-state index contributed by atoms with van der Waals surface area (Å²) in [6, 6.07) is 9.00. The molecule has 0 aromatic heterocycles. The molecule has 1 aromatic rings. The zero-order valence-electron chi connectivity index (χ0n) is 7.05. The van der Waals surface area contributed by atoms with Gasteiger partial charge in [0.1, 0.15) is 5.75 Å². The highest BCUT2D eigenvalue weighted by Crippen LogP contribution is 2.16. The first-order valence-corrected chi connectivity index (χ1v) is 4.00. The van der Waals surface area contributed by atoms with E-state index < -0.39 is 0 Å². The second-order valence-corrected chi connectivity index (χ2v) is 2.31. The number of aryl methyl sites for hydroxylation is 1. The summed E-state index contributed by atoms with van der Waals surface area (Å²) in [6.07, 6.45) is 1.01. The van der Waals surface area contributed by atoms with Crippen LogP contribution in [0.25, 0.3) is 0 Å². The zero-order valence-corrected chi connectivity index (χ0v) is 7.05. The molecule has 1 heteroatoms. The van der Waals surface area contributed by atoms with Crippen LogP contribution in [0.15, 0.2) is 18.2 Å². The van der Waals surface area contributed by atoms with Gasteiger partial charge in [0.15, 0.2) is 0 Å². The zero-order chi connectivity index (χ0) is 8.10. The molecule has 0 spiro atoms. The van der Waals surface area contributed by atoms with E-state index in [4.69, 9.17) is 4.74 Å². The average molecular weight is 149 g/mol. The van der Waals surface area contributed by atoms with Gasteiger partial charge in [-0.1, -0.05) is 25.1 Å². The van der Waals surface area contributed by atoms with Gasteiger partial charge in [0, 0.05) is 6.07 Å². The third-order valence-corrected chi connectivity index (χ3v) is 1.57. The Morgan fingerprint density at radius 1 is 1.45 bits per heavy atom. The van der Waals surface area contributed by atoms with Crippen LogP contribution in [0.1, 0.15) is 19.4 Å². The molecular weight excluding hydrogens is 136 g/mol. The van der Waals surface area contributed by atoms with Gasteiger partial charge in [0.05, 0.1) is 6.61 Å². The van der Waals surface area contributed by atoms with Crippen LogP contribution in [0.3, 0.4) is 0 Å². The van der Waals surface area contributed by atoms with Crippen molar-refractivity contribution in [1.82, 2.24) is 0 Å². The van der Waals surface area contributed by atoms with E-state index in [1.807, 2.05) is 19.1 Å². The van der Waals surface area contributed by atoms with Crippen molar-refractivity contribution in [3.8, 4) is 5.75 Å². The number of ether oxygens (including phenoxy) is 1. The maximum Gasteiger partial charge on any atom is 0.130 e. The molecule has 0 N–H and O–H groups in total. The van der Waals surface area contributed by atoms with Crippen molar-refractivity contribution in [3.63, 3.8) is 0 Å². The van der Waals surface area contributed by atoms with Crippen molar-refractivity contribution in [2.24, 2.45) is 0 Å². The summed E-state index contributed by atoms with van der Waals surface area (Å²) in [5, 5.41) is 0. The fraction of sp³-hybridized carbons (Fsp3) is 0.400. The summed E-state index contributed by atoms with van der Waals surface area (Å²) in [4.78, 5) is 0. The first-order chi connectivity index (χ1) is 5.38. The summed E-state index contributed by atoms with van der Waals surface area (Å²) in [7, 11) is 0. The van der Waals surface area contributed by atoms with Gasteiger partial charge in [-0.3, -0.25) is 0 Å². The largest absolute Gasteiger partial charge is 0.493 e. The highest BCUT2D eigenvalue weighted by Gasteiger charge is 1.97. The molecule has 0 atom stereocenters. The van der Waals surface area contributed by atoms with Gasteiger partial charge in [0.25, 0.3) is 0 Å². The fourth-order valence-corrected chi connectivity index (χ4v) is 1.01. The number of hydrogen-bond donors (Lipinski definition) is 0. The van der Waals surface area contributed by atoms with Crippen LogP contribution >= 0.6 is 0 Å². The fourth-order valence-electron chi connectivity index (χ4n) is 1.01. The Balaban J connectivity index is 2.83. The lowest BCUT2D eigenvalue weighted by Gasteiger charge is -2.06. The van der Waals surface area contributed by atoms with Gasteiger partial charge in [-0.25, -0.2) is 0 Å². The topological polar surface area (TPSA) is 9.23 Å². The highest BCUT2D eigenvalue weighted by atomic mass is 16.5. The molecule has 59 valence electrons. The maximum absolute atomic E-state index is 5.37. The number of benzene rings is 1. The van der Waals surface area contributed by atoms with Crippen LogP contribution in [0.4, 0.5) is 0 Å². The van der Waals surface area contributed by atoms with Gasteiger partial charge < -0.3 is 4.74 Å². The Labute approximate surface area is 68.0 Å². The van der Waals surface area contributed by atoms with Gasteiger partial charge in [-0.15, -0.1) is 0 Å². The first kappa shape index (κ1) is 8.12. The predicted molar refractivity (Wildman–Crippen MR) is 45.8 cm³/mol. The summed E-state index contributed by atoms with van der Waals surface area (Å²) in [6.45, 7) is 4.82. The Bertz CT molecular complexity index is 218. The Morgan fingerprint density at radius 2 is 2.27 bits per heavy atom. The van der Waals surface area contributed by atoms with Crippen LogP contribution in [-0.2, 0) is 6.42 Å². The van der Waals surface area contributed by atoms with Crippen LogP contribution in [0.5, 0.6) is 5.75 Å². The molecular formula is C10H13O. The van der Waals surface area contributed by atoms with Crippen molar-refractivity contribution < 1.29 is 4.74 Å². The average Bonchev–Trinajstić information content (AvgIpc) is 2.06. The van der Waals surface area contributed by atoms with E-state index in [1.165, 1.54) is 5.56 Å². The van der Waals surface area contributed by atoms with E-state index in [2.05, 4.69) is 19.1 Å². The molecule has 0 aliphatic heterocycles. The molecule has 0 amide bonds. The smallest absolute Gasteiger partial charge is 0.130 e. The Kier molecular flexibility index (Phi) is 2.96. The second-order valence-electron chi connectivity index (χ2n) is 2.31. The maximum atomic E-state index is 5.37. The number of para-hydroxylation sites is 1. The Hall–Kier alpha value is -0.980. The molecule has 0 aliphatic rings. The molecule has 11 heavy (non-hydrogen) atoms. The number of rotatable bonds is 3. The molecule has 1 aromatic carbocycles. The molecule has 1 rings (SSSR count). The molecule has 0 fully saturated rings. The molecule has 0 unspecified atom stereocenters. The minimum absolute atomic E-state index is 0.716. The third-order valence-electron chi connectivity index (χ3n) is 1.57. The number of hydrogen-bond acceptors (Lipinski definition) is 1. The SMILES string of the molecule is CCOc1[c]cccc1CC. The monoisotopic (exact) mass is 149 g/mol. The van der Waals surface area contributed by atoms with E-state index in [-0.39, 0.29) is 0 Å². The van der Waals surface area contributed by atoms with E-state index in [1.54, 1.807) is 0 Å². The Morgan fingerprint density at radius 3 is 2.91 bits per heavy atom. The van der Waals surface area contributed by atoms with E-state index >= 15 is 0 Å². The van der Waals surface area contributed by atoms with Crippen molar-refractivity contribution in [1.29, 1.82) is 0 Å². The van der Waals surface area contributed by atoms with Crippen molar-refractivity contribution in [2.45, 2.75) is 20.3 Å². The van der Waals surface area contributed by atoms with Crippen molar-refractivity contribution in [3.05, 3.63) is 29.8 Å². The summed E-state index contributed by atoms with van der Waals surface area (Å²) in [5.41, 5.74) is 1.23. The molecule has 0 heterocycles. The molecule has 0 bridgehead atoms. The second kappa shape index (κ2) is 4.02. The van der Waals surface area contributed by atoms with Gasteiger partial charge >= 0.3 is 0 Å². The van der Waals surface area contributed by atoms with E-state index in [0.717, 1.165) is 12.2 Å². The van der Waals surface area contributed by atoms with Gasteiger partial charge in [0.2, 0.25) is 0 Å².